The molecule has 0 bridgehead atoms. The van der Waals surface area contributed by atoms with Crippen molar-refractivity contribution in [1.82, 2.24) is 5.32 Å². The maximum absolute atomic E-state index is 11.1. The van der Waals surface area contributed by atoms with Gasteiger partial charge >= 0.3 is 6.09 Å². The van der Waals surface area contributed by atoms with Crippen molar-refractivity contribution in [3.8, 4) is 0 Å². The molecule has 0 aromatic rings. The van der Waals surface area contributed by atoms with Crippen LogP contribution in [-0.4, -0.2) is 18.2 Å². The number of cyclic esters (lactones) is 1. The van der Waals surface area contributed by atoms with E-state index in [1.165, 1.54) is 32.1 Å². The van der Waals surface area contributed by atoms with Gasteiger partial charge in [0.2, 0.25) is 0 Å². The molecule has 0 radical (unpaired) electrons. The lowest BCUT2D eigenvalue weighted by atomic mass is 9.90. The first-order valence-electron chi connectivity index (χ1n) is 6.19. The van der Waals surface area contributed by atoms with Gasteiger partial charge in [-0.15, -0.1) is 0 Å². The lowest BCUT2D eigenvalue weighted by molar-refractivity contribution is 0.170. The molecular formula is C12H21NO2. The Labute approximate surface area is 91.6 Å². The van der Waals surface area contributed by atoms with E-state index in [4.69, 9.17) is 4.74 Å². The van der Waals surface area contributed by atoms with Gasteiger partial charge in [-0.2, -0.15) is 0 Å². The number of amides is 1. The summed E-state index contributed by atoms with van der Waals surface area (Å²) >= 11 is 0. The average molecular weight is 211 g/mol. The van der Waals surface area contributed by atoms with E-state index in [1.807, 2.05) is 0 Å². The zero-order valence-corrected chi connectivity index (χ0v) is 9.55. The van der Waals surface area contributed by atoms with Crippen LogP contribution < -0.4 is 5.32 Å². The number of hydrogen-bond donors (Lipinski definition) is 1. The summed E-state index contributed by atoms with van der Waals surface area (Å²) in [6.07, 6.45) is 8.40. The van der Waals surface area contributed by atoms with Crippen LogP contribution in [0.15, 0.2) is 0 Å². The normalized spacial score (nSPS) is 36.1. The van der Waals surface area contributed by atoms with Crippen molar-refractivity contribution in [3.63, 3.8) is 0 Å². The lowest BCUT2D eigenvalue weighted by Gasteiger charge is -2.24. The van der Waals surface area contributed by atoms with E-state index in [1.54, 1.807) is 0 Å². The summed E-state index contributed by atoms with van der Waals surface area (Å²) in [5.74, 6) is 0.867. The number of ether oxygens (including phenoxy) is 1. The van der Waals surface area contributed by atoms with Crippen molar-refractivity contribution in [3.05, 3.63) is 0 Å². The highest BCUT2D eigenvalue weighted by atomic mass is 16.6. The Bertz CT molecular complexity index is 242. The molecule has 2 aliphatic rings. The first-order valence-corrected chi connectivity index (χ1v) is 6.19. The maximum atomic E-state index is 11.1. The van der Waals surface area contributed by atoms with E-state index in [-0.39, 0.29) is 11.6 Å². The third-order valence-electron chi connectivity index (χ3n) is 3.84. The number of rotatable bonds is 2. The minimum absolute atomic E-state index is 0.0143. The van der Waals surface area contributed by atoms with Gasteiger partial charge < -0.3 is 10.1 Å². The molecule has 1 saturated heterocycles. The van der Waals surface area contributed by atoms with E-state index in [0.29, 0.717) is 6.61 Å². The maximum Gasteiger partial charge on any atom is 0.407 e. The Hall–Kier alpha value is -0.730. The Balaban J connectivity index is 1.92. The molecule has 3 heteroatoms. The quantitative estimate of drug-likeness (QED) is 0.762. The Morgan fingerprint density at radius 3 is 3.00 bits per heavy atom. The summed E-state index contributed by atoms with van der Waals surface area (Å²) in [4.78, 5) is 11.1. The Morgan fingerprint density at radius 1 is 1.47 bits per heavy atom. The Kier molecular flexibility index (Phi) is 3.17. The standard InChI is InChI=1S/C12H21NO2/c1-2-4-10-5-3-7-12(8-6-10)9-15-11(14)13-12/h10H,2-9H2,1H3,(H,13,14). The molecule has 0 aromatic heterocycles. The van der Waals surface area contributed by atoms with E-state index in [9.17, 15) is 4.79 Å². The Morgan fingerprint density at radius 2 is 2.33 bits per heavy atom. The molecule has 1 N–H and O–H groups in total. The van der Waals surface area contributed by atoms with Crippen molar-refractivity contribution in [2.75, 3.05) is 6.61 Å². The summed E-state index contributed by atoms with van der Waals surface area (Å²) < 4.78 is 5.05. The van der Waals surface area contributed by atoms with Crippen molar-refractivity contribution in [2.45, 2.75) is 57.4 Å². The fourth-order valence-electron chi connectivity index (χ4n) is 2.94. The van der Waals surface area contributed by atoms with Crippen molar-refractivity contribution >= 4 is 6.09 Å². The molecule has 1 aliphatic carbocycles. The fraction of sp³-hybridized carbons (Fsp3) is 0.917. The molecule has 1 saturated carbocycles. The third-order valence-corrected chi connectivity index (χ3v) is 3.84. The SMILES string of the molecule is CCCC1CCCC2(CC1)COC(=O)N2. The summed E-state index contributed by atoms with van der Waals surface area (Å²) in [5, 5.41) is 3.01. The van der Waals surface area contributed by atoms with Crippen molar-refractivity contribution in [1.29, 1.82) is 0 Å². The van der Waals surface area contributed by atoms with Gasteiger partial charge in [-0.05, 0) is 25.2 Å². The van der Waals surface area contributed by atoms with Gasteiger partial charge in [0.15, 0.2) is 0 Å². The summed E-state index contributed by atoms with van der Waals surface area (Å²) in [5.41, 5.74) is -0.0143. The first-order chi connectivity index (χ1) is 7.24. The first kappa shape index (κ1) is 10.8. The third kappa shape index (κ3) is 2.44. The highest BCUT2D eigenvalue weighted by Gasteiger charge is 2.40. The lowest BCUT2D eigenvalue weighted by Crippen LogP contribution is -2.42. The number of carbonyl (C=O) groups is 1. The molecule has 1 heterocycles. The van der Waals surface area contributed by atoms with Gasteiger partial charge in [0.05, 0.1) is 5.54 Å². The van der Waals surface area contributed by atoms with Crippen LogP contribution in [0.1, 0.15) is 51.9 Å². The van der Waals surface area contributed by atoms with Crippen LogP contribution >= 0.6 is 0 Å². The molecule has 0 aromatic carbocycles. The van der Waals surface area contributed by atoms with Crippen LogP contribution in [0.25, 0.3) is 0 Å². The zero-order chi connectivity index (χ0) is 10.7. The van der Waals surface area contributed by atoms with Crippen LogP contribution in [0.2, 0.25) is 0 Å². The molecule has 2 fully saturated rings. The monoisotopic (exact) mass is 211 g/mol. The number of alkyl carbamates (subject to hydrolysis) is 1. The molecule has 1 amide bonds. The number of hydrogen-bond acceptors (Lipinski definition) is 2. The minimum atomic E-state index is -0.219. The van der Waals surface area contributed by atoms with Crippen LogP contribution in [0.3, 0.4) is 0 Å². The van der Waals surface area contributed by atoms with Gasteiger partial charge in [-0.1, -0.05) is 32.6 Å². The highest BCUT2D eigenvalue weighted by molar-refractivity contribution is 5.70. The van der Waals surface area contributed by atoms with E-state index in [0.717, 1.165) is 18.8 Å². The van der Waals surface area contributed by atoms with E-state index >= 15 is 0 Å². The second kappa shape index (κ2) is 4.42. The predicted molar refractivity (Wildman–Crippen MR) is 58.7 cm³/mol. The molecule has 2 atom stereocenters. The highest BCUT2D eigenvalue weighted by Crippen LogP contribution is 2.34. The van der Waals surface area contributed by atoms with Gasteiger partial charge in [0, 0.05) is 0 Å². The van der Waals surface area contributed by atoms with Crippen LogP contribution in [0.4, 0.5) is 4.79 Å². The molecule has 1 spiro atoms. The molecule has 2 unspecified atom stereocenters. The largest absolute Gasteiger partial charge is 0.447 e. The van der Waals surface area contributed by atoms with Gasteiger partial charge in [0.25, 0.3) is 0 Å². The topological polar surface area (TPSA) is 38.3 Å². The predicted octanol–water partition coefficient (Wildman–Crippen LogP) is 2.85. The zero-order valence-electron chi connectivity index (χ0n) is 9.55. The van der Waals surface area contributed by atoms with E-state index < -0.39 is 0 Å². The molecule has 3 nitrogen and oxygen atoms in total. The second-order valence-corrected chi connectivity index (χ2v) is 5.07. The van der Waals surface area contributed by atoms with Gasteiger partial charge in [-0.3, -0.25) is 0 Å². The molecule has 2 rings (SSSR count). The van der Waals surface area contributed by atoms with Gasteiger partial charge in [-0.25, -0.2) is 4.79 Å². The van der Waals surface area contributed by atoms with Crippen LogP contribution in [-0.2, 0) is 4.74 Å². The van der Waals surface area contributed by atoms with Crippen molar-refractivity contribution in [2.24, 2.45) is 5.92 Å². The average Bonchev–Trinajstić information content (AvgIpc) is 2.45. The molecule has 15 heavy (non-hydrogen) atoms. The molecule has 86 valence electrons. The van der Waals surface area contributed by atoms with E-state index in [2.05, 4.69) is 12.2 Å². The van der Waals surface area contributed by atoms with Crippen molar-refractivity contribution < 1.29 is 9.53 Å². The molecule has 1 aliphatic heterocycles. The summed E-state index contributed by atoms with van der Waals surface area (Å²) in [6, 6.07) is 0. The number of nitrogens with one attached hydrogen (secondary N) is 1. The van der Waals surface area contributed by atoms with Crippen LogP contribution in [0.5, 0.6) is 0 Å². The van der Waals surface area contributed by atoms with Gasteiger partial charge in [0.1, 0.15) is 6.61 Å². The second-order valence-electron chi connectivity index (χ2n) is 5.07. The summed E-state index contributed by atoms with van der Waals surface area (Å²) in [6.45, 7) is 2.84. The fourth-order valence-corrected chi connectivity index (χ4v) is 2.94. The summed E-state index contributed by atoms with van der Waals surface area (Å²) in [7, 11) is 0. The van der Waals surface area contributed by atoms with Crippen LogP contribution in [0, 0.1) is 5.92 Å². The molecular weight excluding hydrogens is 190 g/mol. The number of carbonyl (C=O) groups excluding carboxylic acids is 1. The minimum Gasteiger partial charge on any atom is -0.447 e. The smallest absolute Gasteiger partial charge is 0.407 e.